The maximum atomic E-state index is 5.74. The molecule has 0 atom stereocenters. The van der Waals surface area contributed by atoms with Gasteiger partial charge in [0.2, 0.25) is 0 Å². The number of ether oxygens (including phenoxy) is 1. The first-order chi connectivity index (χ1) is 10.3. The first-order valence-electron chi connectivity index (χ1n) is 7.26. The topological polar surface area (TPSA) is 15.7 Å². The first-order valence-corrected chi connectivity index (χ1v) is 7.26. The standard InChI is InChI=1S/C17H19BN2O/c1-21-17-8-6-16(7-9-17)20-12-10-19(11-13-20)15-4-2-14(18)3-5-15/h2-9H,10-13H2,1H3. The molecule has 1 heterocycles. The summed E-state index contributed by atoms with van der Waals surface area (Å²) in [5.41, 5.74) is 3.32. The molecule has 1 aliphatic heterocycles. The Hall–Kier alpha value is -2.10. The molecule has 0 aliphatic carbocycles. The molecule has 2 aromatic rings. The molecule has 4 heteroatoms. The molecule has 0 amide bonds. The first kappa shape index (κ1) is 13.9. The number of nitrogens with zero attached hydrogens (tertiary/aromatic N) is 2. The summed E-state index contributed by atoms with van der Waals surface area (Å²) in [5, 5.41) is 0. The zero-order chi connectivity index (χ0) is 14.7. The van der Waals surface area contributed by atoms with E-state index >= 15 is 0 Å². The fourth-order valence-electron chi connectivity index (χ4n) is 2.70. The van der Waals surface area contributed by atoms with E-state index in [1.165, 1.54) is 11.4 Å². The van der Waals surface area contributed by atoms with E-state index in [0.717, 1.165) is 37.4 Å². The van der Waals surface area contributed by atoms with Crippen molar-refractivity contribution in [2.24, 2.45) is 0 Å². The van der Waals surface area contributed by atoms with Crippen molar-refractivity contribution in [3.05, 3.63) is 48.5 Å². The van der Waals surface area contributed by atoms with Crippen LogP contribution in [0, 0.1) is 0 Å². The van der Waals surface area contributed by atoms with E-state index in [-0.39, 0.29) is 0 Å². The molecule has 0 spiro atoms. The summed E-state index contributed by atoms with van der Waals surface area (Å²) in [4.78, 5) is 4.81. The van der Waals surface area contributed by atoms with Gasteiger partial charge in [0.25, 0.3) is 0 Å². The molecular weight excluding hydrogens is 259 g/mol. The highest BCUT2D eigenvalue weighted by atomic mass is 16.5. The van der Waals surface area contributed by atoms with E-state index in [0.29, 0.717) is 0 Å². The van der Waals surface area contributed by atoms with Gasteiger partial charge in [-0.05, 0) is 36.4 Å². The minimum Gasteiger partial charge on any atom is -0.497 e. The Balaban J connectivity index is 1.62. The molecule has 2 aromatic carbocycles. The average Bonchev–Trinajstić information content (AvgIpc) is 2.56. The fraction of sp³-hybridized carbons (Fsp3) is 0.294. The maximum Gasteiger partial charge on any atom is 0.119 e. The Morgan fingerprint density at radius 1 is 0.762 bits per heavy atom. The van der Waals surface area contributed by atoms with Gasteiger partial charge in [-0.15, -0.1) is 0 Å². The molecule has 0 saturated carbocycles. The summed E-state index contributed by atoms with van der Waals surface area (Å²) in [6.45, 7) is 4.10. The summed E-state index contributed by atoms with van der Waals surface area (Å²) in [7, 11) is 7.44. The smallest absolute Gasteiger partial charge is 0.119 e. The maximum absolute atomic E-state index is 5.74. The molecule has 1 aliphatic rings. The number of rotatable bonds is 3. The SMILES string of the molecule is [B]c1ccc(N2CCN(c3ccc(OC)cc3)CC2)cc1. The largest absolute Gasteiger partial charge is 0.497 e. The van der Waals surface area contributed by atoms with Crippen molar-refractivity contribution in [3.8, 4) is 5.75 Å². The fourth-order valence-corrected chi connectivity index (χ4v) is 2.70. The van der Waals surface area contributed by atoms with Crippen molar-refractivity contribution in [1.82, 2.24) is 0 Å². The number of benzene rings is 2. The second-order valence-corrected chi connectivity index (χ2v) is 5.26. The molecule has 2 radical (unpaired) electrons. The van der Waals surface area contributed by atoms with Gasteiger partial charge in [-0.2, -0.15) is 0 Å². The van der Waals surface area contributed by atoms with Crippen molar-refractivity contribution in [1.29, 1.82) is 0 Å². The lowest BCUT2D eigenvalue weighted by atomic mass is 9.96. The van der Waals surface area contributed by atoms with E-state index in [2.05, 4.69) is 34.1 Å². The van der Waals surface area contributed by atoms with E-state index in [1.807, 2.05) is 24.3 Å². The molecule has 106 valence electrons. The summed E-state index contributed by atoms with van der Waals surface area (Å²) < 4.78 is 5.20. The second kappa shape index (κ2) is 6.12. The van der Waals surface area contributed by atoms with Crippen LogP contribution in [0.1, 0.15) is 0 Å². The van der Waals surface area contributed by atoms with Crippen molar-refractivity contribution in [2.45, 2.75) is 0 Å². The normalized spacial score (nSPS) is 15.1. The molecule has 0 bridgehead atoms. The molecule has 1 fully saturated rings. The Morgan fingerprint density at radius 3 is 1.62 bits per heavy atom. The van der Waals surface area contributed by atoms with Crippen LogP contribution in [0.3, 0.4) is 0 Å². The summed E-state index contributed by atoms with van der Waals surface area (Å²) in [5.74, 6) is 0.902. The molecule has 0 N–H and O–H groups in total. The van der Waals surface area contributed by atoms with Crippen LogP contribution < -0.4 is 20.0 Å². The third kappa shape index (κ3) is 3.15. The third-order valence-corrected chi connectivity index (χ3v) is 3.98. The lowest BCUT2D eigenvalue weighted by Gasteiger charge is -2.37. The molecule has 21 heavy (non-hydrogen) atoms. The zero-order valence-corrected chi connectivity index (χ0v) is 12.3. The van der Waals surface area contributed by atoms with Gasteiger partial charge >= 0.3 is 0 Å². The van der Waals surface area contributed by atoms with E-state index < -0.39 is 0 Å². The van der Waals surface area contributed by atoms with Gasteiger partial charge in [0, 0.05) is 37.6 Å². The Kier molecular flexibility index (Phi) is 4.04. The molecule has 0 aromatic heterocycles. The van der Waals surface area contributed by atoms with Crippen LogP contribution in [0.15, 0.2) is 48.5 Å². The molecular formula is C17H19BN2O. The van der Waals surface area contributed by atoms with Crippen molar-refractivity contribution in [3.63, 3.8) is 0 Å². The van der Waals surface area contributed by atoms with Gasteiger partial charge < -0.3 is 14.5 Å². The quantitative estimate of drug-likeness (QED) is 0.796. The predicted octanol–water partition coefficient (Wildman–Crippen LogP) is 1.82. The molecule has 0 unspecified atom stereocenters. The van der Waals surface area contributed by atoms with Crippen LogP contribution in [0.2, 0.25) is 0 Å². The average molecular weight is 278 g/mol. The van der Waals surface area contributed by atoms with Gasteiger partial charge in [0.1, 0.15) is 13.6 Å². The van der Waals surface area contributed by atoms with Gasteiger partial charge in [0.05, 0.1) is 7.11 Å². The molecule has 3 nitrogen and oxygen atoms in total. The van der Waals surface area contributed by atoms with Crippen molar-refractivity contribution >= 4 is 24.7 Å². The van der Waals surface area contributed by atoms with Gasteiger partial charge in [0.15, 0.2) is 0 Å². The summed E-state index contributed by atoms with van der Waals surface area (Å²) in [6.07, 6.45) is 0. The van der Waals surface area contributed by atoms with Crippen LogP contribution in [0.25, 0.3) is 0 Å². The highest BCUT2D eigenvalue weighted by Crippen LogP contribution is 2.22. The van der Waals surface area contributed by atoms with E-state index in [1.54, 1.807) is 7.11 Å². The second-order valence-electron chi connectivity index (χ2n) is 5.26. The Labute approximate surface area is 127 Å². The summed E-state index contributed by atoms with van der Waals surface area (Å²) >= 11 is 0. The van der Waals surface area contributed by atoms with Crippen LogP contribution in [0.4, 0.5) is 11.4 Å². The third-order valence-electron chi connectivity index (χ3n) is 3.98. The van der Waals surface area contributed by atoms with Gasteiger partial charge in [-0.3, -0.25) is 0 Å². The van der Waals surface area contributed by atoms with Gasteiger partial charge in [-0.1, -0.05) is 17.6 Å². The minimum atomic E-state index is 0.815. The van der Waals surface area contributed by atoms with E-state index in [9.17, 15) is 0 Å². The zero-order valence-electron chi connectivity index (χ0n) is 12.3. The monoisotopic (exact) mass is 278 g/mol. The number of piperazine rings is 1. The van der Waals surface area contributed by atoms with Crippen LogP contribution >= 0.6 is 0 Å². The molecule has 1 saturated heterocycles. The number of methoxy groups -OCH3 is 1. The highest BCUT2D eigenvalue weighted by molar-refractivity contribution is 6.32. The Morgan fingerprint density at radius 2 is 1.19 bits per heavy atom. The van der Waals surface area contributed by atoms with Crippen molar-refractivity contribution < 1.29 is 4.74 Å². The van der Waals surface area contributed by atoms with E-state index in [4.69, 9.17) is 12.6 Å². The van der Waals surface area contributed by atoms with Crippen LogP contribution in [-0.4, -0.2) is 41.1 Å². The lowest BCUT2D eigenvalue weighted by Crippen LogP contribution is -2.46. The van der Waals surface area contributed by atoms with Crippen LogP contribution in [-0.2, 0) is 0 Å². The number of anilines is 2. The summed E-state index contributed by atoms with van der Waals surface area (Å²) in [6, 6.07) is 16.4. The minimum absolute atomic E-state index is 0.815. The Bertz CT molecular complexity index is 575. The lowest BCUT2D eigenvalue weighted by molar-refractivity contribution is 0.415. The van der Waals surface area contributed by atoms with Gasteiger partial charge in [-0.25, -0.2) is 0 Å². The number of hydrogen-bond acceptors (Lipinski definition) is 3. The highest BCUT2D eigenvalue weighted by Gasteiger charge is 2.17. The van der Waals surface area contributed by atoms with Crippen molar-refractivity contribution in [2.75, 3.05) is 43.1 Å². The predicted molar refractivity (Wildman–Crippen MR) is 89.3 cm³/mol. The number of hydrogen-bond donors (Lipinski definition) is 0. The van der Waals surface area contributed by atoms with Crippen LogP contribution in [0.5, 0.6) is 5.75 Å². The molecule has 3 rings (SSSR count).